The summed E-state index contributed by atoms with van der Waals surface area (Å²) in [6.07, 6.45) is 5.46. The van der Waals surface area contributed by atoms with E-state index in [2.05, 4.69) is 35.1 Å². The van der Waals surface area contributed by atoms with Crippen LogP contribution in [-0.2, 0) is 23.1 Å². The first-order valence-corrected chi connectivity index (χ1v) is 9.15. The molecule has 0 bridgehead atoms. The predicted molar refractivity (Wildman–Crippen MR) is 81.0 cm³/mol. The number of sulfonamides is 1. The fourth-order valence-corrected chi connectivity index (χ4v) is 3.74. The van der Waals surface area contributed by atoms with Gasteiger partial charge in [-0.05, 0) is 37.4 Å². The maximum atomic E-state index is 11.7. The molecule has 1 atom stereocenters. The first kappa shape index (κ1) is 15.5. The molecule has 1 unspecified atom stereocenters. The van der Waals surface area contributed by atoms with E-state index in [0.717, 1.165) is 32.5 Å². The minimum Gasteiger partial charge on any atom is -0.350 e. The topological polar surface area (TPSA) is 54.3 Å². The van der Waals surface area contributed by atoms with Gasteiger partial charge >= 0.3 is 0 Å². The molecular weight excluding hydrogens is 274 g/mol. The van der Waals surface area contributed by atoms with Gasteiger partial charge in [-0.1, -0.05) is 6.92 Å². The number of nitrogens with one attached hydrogen (secondary N) is 1. The minimum atomic E-state index is -3.05. The standard InChI is InChI=1S/C14H25N3O2S/c1-3-15-10-14-7-5-8-16(14)11-13-6-4-9-17(12-13)20(2,18)19/h5,7-8,13,15H,3-4,6,9-12H2,1-2H3. The molecule has 0 saturated carbocycles. The van der Waals surface area contributed by atoms with E-state index in [-0.39, 0.29) is 0 Å². The fourth-order valence-electron chi connectivity index (χ4n) is 2.80. The monoisotopic (exact) mass is 299 g/mol. The molecule has 1 aromatic heterocycles. The SMILES string of the molecule is CCNCc1cccn1CC1CCCN(S(C)(=O)=O)C1. The van der Waals surface area contributed by atoms with Crippen LogP contribution in [0, 0.1) is 5.92 Å². The Kier molecular flexibility index (Phi) is 5.23. The van der Waals surface area contributed by atoms with Crippen LogP contribution in [0.5, 0.6) is 0 Å². The van der Waals surface area contributed by atoms with Gasteiger partial charge in [-0.15, -0.1) is 0 Å². The van der Waals surface area contributed by atoms with Crippen molar-refractivity contribution in [1.82, 2.24) is 14.2 Å². The molecule has 1 fully saturated rings. The number of rotatable bonds is 6. The highest BCUT2D eigenvalue weighted by atomic mass is 32.2. The largest absolute Gasteiger partial charge is 0.350 e. The second-order valence-corrected chi connectivity index (χ2v) is 7.54. The average Bonchev–Trinajstić information content (AvgIpc) is 2.83. The summed E-state index contributed by atoms with van der Waals surface area (Å²) in [4.78, 5) is 0. The maximum Gasteiger partial charge on any atom is 0.211 e. The van der Waals surface area contributed by atoms with Crippen LogP contribution in [0.3, 0.4) is 0 Å². The molecule has 0 radical (unpaired) electrons. The third kappa shape index (κ3) is 4.07. The van der Waals surface area contributed by atoms with Crippen molar-refractivity contribution in [2.24, 2.45) is 5.92 Å². The van der Waals surface area contributed by atoms with Crippen LogP contribution in [0.4, 0.5) is 0 Å². The summed E-state index contributed by atoms with van der Waals surface area (Å²) >= 11 is 0. The van der Waals surface area contributed by atoms with Crippen molar-refractivity contribution in [3.63, 3.8) is 0 Å². The molecule has 1 N–H and O–H groups in total. The zero-order valence-corrected chi connectivity index (χ0v) is 13.2. The second kappa shape index (κ2) is 6.74. The Morgan fingerprint density at radius 1 is 1.45 bits per heavy atom. The highest BCUT2D eigenvalue weighted by Crippen LogP contribution is 2.21. The molecule has 2 rings (SSSR count). The van der Waals surface area contributed by atoms with Crippen molar-refractivity contribution in [3.8, 4) is 0 Å². The second-order valence-electron chi connectivity index (χ2n) is 5.56. The van der Waals surface area contributed by atoms with E-state index in [0.29, 0.717) is 19.0 Å². The summed E-state index contributed by atoms with van der Waals surface area (Å²) < 4.78 is 27.2. The Morgan fingerprint density at radius 3 is 2.95 bits per heavy atom. The van der Waals surface area contributed by atoms with Crippen molar-refractivity contribution in [2.75, 3.05) is 25.9 Å². The van der Waals surface area contributed by atoms with Crippen molar-refractivity contribution < 1.29 is 8.42 Å². The molecule has 0 spiro atoms. The van der Waals surface area contributed by atoms with Crippen molar-refractivity contribution in [2.45, 2.75) is 32.9 Å². The number of hydrogen-bond donors (Lipinski definition) is 1. The van der Waals surface area contributed by atoms with E-state index in [1.54, 1.807) is 4.31 Å². The van der Waals surface area contributed by atoms with E-state index in [4.69, 9.17) is 0 Å². The zero-order chi connectivity index (χ0) is 14.6. The number of aromatic nitrogens is 1. The number of piperidine rings is 1. The molecule has 0 aromatic carbocycles. The van der Waals surface area contributed by atoms with E-state index in [1.807, 2.05) is 0 Å². The van der Waals surface area contributed by atoms with E-state index >= 15 is 0 Å². The summed E-state index contributed by atoms with van der Waals surface area (Å²) in [5.41, 5.74) is 1.27. The highest BCUT2D eigenvalue weighted by molar-refractivity contribution is 7.88. The molecule has 1 aromatic rings. The molecule has 114 valence electrons. The van der Waals surface area contributed by atoms with Crippen LogP contribution in [0.15, 0.2) is 18.3 Å². The van der Waals surface area contributed by atoms with Gasteiger partial charge < -0.3 is 9.88 Å². The summed E-state index contributed by atoms with van der Waals surface area (Å²) in [5, 5.41) is 3.33. The molecule has 6 heteroatoms. The molecule has 2 heterocycles. The molecule has 5 nitrogen and oxygen atoms in total. The van der Waals surface area contributed by atoms with Crippen molar-refractivity contribution >= 4 is 10.0 Å². The van der Waals surface area contributed by atoms with Gasteiger partial charge in [0, 0.05) is 38.1 Å². The predicted octanol–water partition coefficient (Wildman–Crippen LogP) is 1.27. The lowest BCUT2D eigenvalue weighted by Crippen LogP contribution is -2.40. The van der Waals surface area contributed by atoms with Gasteiger partial charge in [0.1, 0.15) is 0 Å². The molecule has 1 saturated heterocycles. The highest BCUT2D eigenvalue weighted by Gasteiger charge is 2.26. The maximum absolute atomic E-state index is 11.7. The minimum absolute atomic E-state index is 0.409. The van der Waals surface area contributed by atoms with E-state index in [1.165, 1.54) is 11.9 Å². The molecule has 1 aliphatic heterocycles. The van der Waals surface area contributed by atoms with Crippen molar-refractivity contribution in [3.05, 3.63) is 24.0 Å². The first-order valence-electron chi connectivity index (χ1n) is 7.30. The Bertz CT molecular complexity index is 524. The van der Waals surface area contributed by atoms with Gasteiger partial charge in [0.05, 0.1) is 6.26 Å². The van der Waals surface area contributed by atoms with Crippen molar-refractivity contribution in [1.29, 1.82) is 0 Å². The Morgan fingerprint density at radius 2 is 2.25 bits per heavy atom. The molecule has 20 heavy (non-hydrogen) atoms. The quantitative estimate of drug-likeness (QED) is 0.860. The molecule has 0 amide bonds. The summed E-state index contributed by atoms with van der Waals surface area (Å²) in [5.74, 6) is 0.409. The molecule has 1 aliphatic rings. The Hall–Kier alpha value is -0.850. The molecule has 0 aliphatic carbocycles. The summed E-state index contributed by atoms with van der Waals surface area (Å²) in [6.45, 7) is 6.14. The molecular formula is C14H25N3O2S. The Labute approximate surface area is 122 Å². The average molecular weight is 299 g/mol. The third-order valence-corrected chi connectivity index (χ3v) is 5.15. The van der Waals surface area contributed by atoms with E-state index < -0.39 is 10.0 Å². The smallest absolute Gasteiger partial charge is 0.211 e. The normalized spacial score (nSPS) is 21.2. The van der Waals surface area contributed by atoms with Gasteiger partial charge in [0.25, 0.3) is 0 Å². The van der Waals surface area contributed by atoms with E-state index in [9.17, 15) is 8.42 Å². The van der Waals surface area contributed by atoms with Crippen LogP contribution < -0.4 is 5.32 Å². The summed E-state index contributed by atoms with van der Waals surface area (Å²) in [7, 11) is -3.05. The fraction of sp³-hybridized carbons (Fsp3) is 0.714. The van der Waals surface area contributed by atoms with Crippen LogP contribution in [0.1, 0.15) is 25.5 Å². The van der Waals surface area contributed by atoms with Crippen LogP contribution in [0.2, 0.25) is 0 Å². The van der Waals surface area contributed by atoms with Crippen LogP contribution >= 0.6 is 0 Å². The zero-order valence-electron chi connectivity index (χ0n) is 12.4. The van der Waals surface area contributed by atoms with Crippen LogP contribution in [0.25, 0.3) is 0 Å². The third-order valence-electron chi connectivity index (χ3n) is 3.89. The summed E-state index contributed by atoms with van der Waals surface area (Å²) in [6, 6.07) is 4.18. The van der Waals surface area contributed by atoms with Gasteiger partial charge in [-0.25, -0.2) is 12.7 Å². The first-order chi connectivity index (χ1) is 9.50. The van der Waals surface area contributed by atoms with Gasteiger partial charge in [-0.2, -0.15) is 0 Å². The Balaban J connectivity index is 1.98. The van der Waals surface area contributed by atoms with Crippen LogP contribution in [-0.4, -0.2) is 43.2 Å². The van der Waals surface area contributed by atoms with Gasteiger partial charge in [0.15, 0.2) is 0 Å². The lowest BCUT2D eigenvalue weighted by Gasteiger charge is -2.31. The van der Waals surface area contributed by atoms with Gasteiger partial charge in [-0.3, -0.25) is 0 Å². The number of hydrogen-bond acceptors (Lipinski definition) is 3. The van der Waals surface area contributed by atoms with Gasteiger partial charge in [0.2, 0.25) is 10.0 Å². The lowest BCUT2D eigenvalue weighted by molar-refractivity contribution is 0.245. The lowest BCUT2D eigenvalue weighted by atomic mass is 9.99. The number of nitrogens with zero attached hydrogens (tertiary/aromatic N) is 2.